The van der Waals surface area contributed by atoms with Gasteiger partial charge in [0.25, 0.3) is 0 Å². The number of carbonyl (C=O) groups excluding carboxylic acids is 1. The van der Waals surface area contributed by atoms with Gasteiger partial charge in [-0.05, 0) is 44.9 Å². The zero-order valence-electron chi connectivity index (χ0n) is 11.6. The van der Waals surface area contributed by atoms with E-state index in [0.29, 0.717) is 0 Å². The van der Waals surface area contributed by atoms with Crippen molar-refractivity contribution in [1.29, 1.82) is 0 Å². The van der Waals surface area contributed by atoms with Crippen molar-refractivity contribution in [2.45, 2.75) is 51.2 Å². The van der Waals surface area contributed by atoms with E-state index in [0.717, 1.165) is 25.8 Å². The summed E-state index contributed by atoms with van der Waals surface area (Å²) in [6, 6.07) is 4.24. The molecule has 106 valence electrons. The van der Waals surface area contributed by atoms with Gasteiger partial charge in [-0.1, -0.05) is 6.92 Å². The maximum atomic E-state index is 11.6. The van der Waals surface area contributed by atoms with E-state index >= 15 is 0 Å². The average Bonchev–Trinajstić information content (AvgIpc) is 2.99. The highest BCUT2D eigenvalue weighted by Crippen LogP contribution is 2.35. The summed E-state index contributed by atoms with van der Waals surface area (Å²) in [7, 11) is 0. The third kappa shape index (κ3) is 2.99. The number of primary amides is 1. The largest absolute Gasteiger partial charge is 0.368 e. The van der Waals surface area contributed by atoms with Gasteiger partial charge >= 0.3 is 0 Å². The fourth-order valence-corrected chi connectivity index (χ4v) is 3.96. The van der Waals surface area contributed by atoms with E-state index < -0.39 is 0 Å². The zero-order chi connectivity index (χ0) is 14.0. The van der Waals surface area contributed by atoms with Gasteiger partial charge in [0.05, 0.1) is 12.1 Å². The summed E-state index contributed by atoms with van der Waals surface area (Å²) in [4.78, 5) is 16.3. The van der Waals surface area contributed by atoms with Crippen LogP contribution in [0, 0.1) is 6.92 Å². The molecule has 0 bridgehead atoms. The number of likely N-dealkylation sites (tertiary alicyclic amines) is 1. The molecule has 1 saturated heterocycles. The Morgan fingerprint density at radius 3 is 2.84 bits per heavy atom. The number of nitrogens with zero attached hydrogens (tertiary/aromatic N) is 1. The van der Waals surface area contributed by atoms with Gasteiger partial charge in [-0.25, -0.2) is 0 Å². The number of hydrogen-bond acceptors (Lipinski definition) is 4. The second kappa shape index (κ2) is 6.03. The van der Waals surface area contributed by atoms with E-state index in [1.54, 1.807) is 11.3 Å². The molecule has 5 heteroatoms. The van der Waals surface area contributed by atoms with Gasteiger partial charge in [0, 0.05) is 15.8 Å². The molecule has 1 aromatic heterocycles. The van der Waals surface area contributed by atoms with Gasteiger partial charge in [-0.2, -0.15) is 0 Å². The van der Waals surface area contributed by atoms with E-state index in [1.807, 2.05) is 0 Å². The first-order valence-corrected chi connectivity index (χ1v) is 7.73. The Hall–Kier alpha value is -0.910. The molecule has 2 heterocycles. The van der Waals surface area contributed by atoms with Crippen molar-refractivity contribution < 1.29 is 4.79 Å². The van der Waals surface area contributed by atoms with Crippen molar-refractivity contribution in [3.8, 4) is 0 Å². The molecular weight excluding hydrogens is 258 g/mol. The molecule has 19 heavy (non-hydrogen) atoms. The van der Waals surface area contributed by atoms with Crippen LogP contribution in [0.2, 0.25) is 0 Å². The van der Waals surface area contributed by atoms with Crippen LogP contribution < -0.4 is 11.5 Å². The number of nitrogens with two attached hydrogens (primary N) is 2. The van der Waals surface area contributed by atoms with Gasteiger partial charge in [0.1, 0.15) is 0 Å². The Kier molecular flexibility index (Phi) is 4.60. The highest BCUT2D eigenvalue weighted by atomic mass is 32.1. The summed E-state index contributed by atoms with van der Waals surface area (Å²) in [5, 5.41) is 0. The Morgan fingerprint density at radius 1 is 1.58 bits per heavy atom. The van der Waals surface area contributed by atoms with Crippen LogP contribution >= 0.6 is 11.3 Å². The first-order valence-electron chi connectivity index (χ1n) is 6.91. The Labute approximate surface area is 118 Å². The molecule has 0 aromatic carbocycles. The summed E-state index contributed by atoms with van der Waals surface area (Å²) >= 11 is 1.77. The van der Waals surface area contributed by atoms with Crippen molar-refractivity contribution in [2.75, 3.05) is 6.54 Å². The first kappa shape index (κ1) is 14.5. The molecule has 0 saturated carbocycles. The fourth-order valence-electron chi connectivity index (χ4n) is 2.88. The Balaban J connectivity index is 2.30. The molecule has 3 atom stereocenters. The molecule has 1 aliphatic rings. The predicted molar refractivity (Wildman–Crippen MR) is 79.0 cm³/mol. The maximum absolute atomic E-state index is 11.6. The smallest absolute Gasteiger partial charge is 0.234 e. The Morgan fingerprint density at radius 2 is 2.32 bits per heavy atom. The van der Waals surface area contributed by atoms with E-state index in [9.17, 15) is 4.79 Å². The molecular formula is C14H23N3OS. The third-order valence-electron chi connectivity index (χ3n) is 3.91. The molecule has 0 aliphatic carbocycles. The number of aryl methyl sites for hydroxylation is 1. The van der Waals surface area contributed by atoms with Crippen molar-refractivity contribution in [3.05, 3.63) is 21.9 Å². The number of amides is 1. The molecule has 0 radical (unpaired) electrons. The maximum Gasteiger partial charge on any atom is 0.234 e. The van der Waals surface area contributed by atoms with Crippen LogP contribution in [0.1, 0.15) is 42.0 Å². The minimum absolute atomic E-state index is 0.0398. The van der Waals surface area contributed by atoms with Crippen LogP contribution in [-0.4, -0.2) is 29.4 Å². The minimum atomic E-state index is -0.223. The lowest BCUT2D eigenvalue weighted by molar-refractivity contribution is -0.123. The van der Waals surface area contributed by atoms with Crippen LogP contribution in [0.4, 0.5) is 0 Å². The van der Waals surface area contributed by atoms with Crippen molar-refractivity contribution in [2.24, 2.45) is 11.5 Å². The zero-order valence-corrected chi connectivity index (χ0v) is 12.5. The van der Waals surface area contributed by atoms with Gasteiger partial charge < -0.3 is 11.5 Å². The van der Waals surface area contributed by atoms with E-state index in [4.69, 9.17) is 11.5 Å². The first-order chi connectivity index (χ1) is 9.04. The lowest BCUT2D eigenvalue weighted by Gasteiger charge is -2.34. The van der Waals surface area contributed by atoms with Gasteiger partial charge in [-0.15, -0.1) is 11.3 Å². The van der Waals surface area contributed by atoms with Crippen LogP contribution in [0.15, 0.2) is 12.1 Å². The number of thiophene rings is 1. The average molecular weight is 281 g/mol. The standard InChI is InChI=1S/C14H23N3OS/c1-3-10(15)13(12-7-6-9(2)19-12)17-8-4-5-11(17)14(16)18/h6-7,10-11,13H,3-5,8,15H2,1-2H3,(H2,16,18). The summed E-state index contributed by atoms with van der Waals surface area (Å²) in [6.45, 7) is 5.09. The molecule has 1 aromatic rings. The quantitative estimate of drug-likeness (QED) is 0.864. The molecule has 4 N–H and O–H groups in total. The molecule has 1 amide bonds. The van der Waals surface area contributed by atoms with Gasteiger partial charge in [0.2, 0.25) is 5.91 Å². The number of hydrogen-bond donors (Lipinski definition) is 2. The lowest BCUT2D eigenvalue weighted by Crippen LogP contribution is -2.47. The number of carbonyl (C=O) groups is 1. The van der Waals surface area contributed by atoms with E-state index in [1.165, 1.54) is 9.75 Å². The Bertz CT molecular complexity index is 446. The van der Waals surface area contributed by atoms with Crippen LogP contribution in [0.5, 0.6) is 0 Å². The monoisotopic (exact) mass is 281 g/mol. The summed E-state index contributed by atoms with van der Waals surface area (Å²) in [5.74, 6) is -0.223. The number of rotatable bonds is 5. The van der Waals surface area contributed by atoms with Crippen molar-refractivity contribution >= 4 is 17.2 Å². The van der Waals surface area contributed by atoms with Gasteiger partial charge in [-0.3, -0.25) is 9.69 Å². The molecule has 1 aliphatic heterocycles. The molecule has 2 rings (SSSR count). The highest BCUT2D eigenvalue weighted by Gasteiger charge is 2.37. The second-order valence-electron chi connectivity index (χ2n) is 5.26. The topological polar surface area (TPSA) is 72.3 Å². The predicted octanol–water partition coefficient (Wildman–Crippen LogP) is 1.78. The summed E-state index contributed by atoms with van der Waals surface area (Å²) in [5.41, 5.74) is 11.8. The van der Waals surface area contributed by atoms with Crippen LogP contribution in [0.25, 0.3) is 0 Å². The molecule has 3 unspecified atom stereocenters. The third-order valence-corrected chi connectivity index (χ3v) is 4.98. The van der Waals surface area contributed by atoms with E-state index in [-0.39, 0.29) is 24.0 Å². The van der Waals surface area contributed by atoms with Crippen molar-refractivity contribution in [1.82, 2.24) is 4.90 Å². The molecule has 1 fully saturated rings. The minimum Gasteiger partial charge on any atom is -0.368 e. The van der Waals surface area contributed by atoms with E-state index in [2.05, 4.69) is 30.9 Å². The highest BCUT2D eigenvalue weighted by molar-refractivity contribution is 7.12. The SMILES string of the molecule is CCC(N)C(c1ccc(C)s1)N1CCCC1C(N)=O. The van der Waals surface area contributed by atoms with Crippen LogP contribution in [-0.2, 0) is 4.79 Å². The fraction of sp³-hybridized carbons (Fsp3) is 0.643. The van der Waals surface area contributed by atoms with Crippen LogP contribution in [0.3, 0.4) is 0 Å². The molecule has 4 nitrogen and oxygen atoms in total. The van der Waals surface area contributed by atoms with Gasteiger partial charge in [0.15, 0.2) is 0 Å². The second-order valence-corrected chi connectivity index (χ2v) is 6.58. The molecule has 0 spiro atoms. The normalized spacial score (nSPS) is 23.4. The lowest BCUT2D eigenvalue weighted by atomic mass is 10.0. The summed E-state index contributed by atoms with van der Waals surface area (Å²) in [6.07, 6.45) is 2.76. The van der Waals surface area contributed by atoms with Crippen molar-refractivity contribution in [3.63, 3.8) is 0 Å². The summed E-state index contributed by atoms with van der Waals surface area (Å²) < 4.78 is 0.